The van der Waals surface area contributed by atoms with Crippen LogP contribution in [0.15, 0.2) is 29.3 Å². The number of fused-ring (bicyclic) bond motifs is 3. The summed E-state index contributed by atoms with van der Waals surface area (Å²) in [7, 11) is 0. The van der Waals surface area contributed by atoms with Crippen molar-refractivity contribution < 1.29 is 4.48 Å². The van der Waals surface area contributed by atoms with E-state index in [1.54, 1.807) is 17.8 Å². The lowest BCUT2D eigenvalue weighted by Gasteiger charge is -2.07. The predicted molar refractivity (Wildman–Crippen MR) is 60.9 cm³/mol. The fraction of sp³-hybridized carbons (Fsp3) is 0.182. The largest absolute Gasteiger partial charge is 0.256 e. The molecule has 1 aromatic heterocycles. The summed E-state index contributed by atoms with van der Waals surface area (Å²) >= 11 is 1.82. The Hall–Kier alpha value is -1.29. The third-order valence-corrected chi connectivity index (χ3v) is 3.79. The zero-order valence-corrected chi connectivity index (χ0v) is 8.77. The molecule has 1 aliphatic rings. The number of halogens is 1. The highest BCUT2D eigenvalue weighted by Crippen LogP contribution is 2.38. The molecule has 0 saturated heterocycles. The fourth-order valence-electron chi connectivity index (χ4n) is 2.03. The van der Waals surface area contributed by atoms with Crippen LogP contribution in [-0.2, 0) is 6.42 Å². The molecule has 15 heavy (non-hydrogen) atoms. The topological polar surface area (TPSA) is 24.9 Å². The number of benzene rings is 1. The molecule has 1 N–H and O–H groups in total. The van der Waals surface area contributed by atoms with E-state index in [1.807, 2.05) is 17.8 Å². The van der Waals surface area contributed by atoms with Crippen LogP contribution >= 0.6 is 11.8 Å². The van der Waals surface area contributed by atoms with Crippen LogP contribution < -0.4 is 5.54 Å². The Morgan fingerprint density at radius 2 is 2.27 bits per heavy atom. The first-order chi connectivity index (χ1) is 7.40. The molecular formula is C11H9FN2S. The van der Waals surface area contributed by atoms with E-state index in [-0.39, 0.29) is 0 Å². The maximum Gasteiger partial charge on any atom is 0.0768 e. The second kappa shape index (κ2) is 3.38. The lowest BCUT2D eigenvalue weighted by Crippen LogP contribution is -1.92. The molecule has 0 radical (unpaired) electrons. The summed E-state index contributed by atoms with van der Waals surface area (Å²) in [5, 5.41) is 0.933. The maximum atomic E-state index is 12.6. The maximum absolute atomic E-state index is 12.6. The minimum Gasteiger partial charge on any atom is -0.256 e. The highest BCUT2D eigenvalue weighted by atomic mass is 32.2. The van der Waals surface area contributed by atoms with E-state index < -0.39 is 0 Å². The highest BCUT2D eigenvalue weighted by molar-refractivity contribution is 7.99. The summed E-state index contributed by atoms with van der Waals surface area (Å²) in [6.45, 7) is 0. The van der Waals surface area contributed by atoms with Crippen LogP contribution in [-0.4, -0.2) is 10.7 Å². The number of aryl methyl sites for hydroxylation is 1. The van der Waals surface area contributed by atoms with Crippen molar-refractivity contribution in [2.75, 3.05) is 11.3 Å². The standard InChI is InChI=1S/C11H9FN2S/c12-14-9-3-5-13-8-1-2-10-7(11(8)9)4-6-15-10/h1-3,5H,4,6H2,(H,13,14). The molecule has 0 atom stereocenters. The molecule has 1 aliphatic heterocycles. The molecule has 1 aromatic carbocycles. The van der Waals surface area contributed by atoms with E-state index >= 15 is 0 Å². The zero-order chi connectivity index (χ0) is 10.3. The van der Waals surface area contributed by atoms with Crippen molar-refractivity contribution in [1.82, 2.24) is 4.98 Å². The first-order valence-electron chi connectivity index (χ1n) is 4.80. The van der Waals surface area contributed by atoms with Crippen LogP contribution in [0.3, 0.4) is 0 Å². The van der Waals surface area contributed by atoms with E-state index in [2.05, 4.69) is 11.1 Å². The number of thioether (sulfide) groups is 1. The van der Waals surface area contributed by atoms with Crippen LogP contribution in [0.2, 0.25) is 0 Å². The number of anilines is 1. The summed E-state index contributed by atoms with van der Waals surface area (Å²) < 4.78 is 12.6. The Morgan fingerprint density at radius 1 is 1.33 bits per heavy atom. The Bertz CT molecular complexity index is 527. The van der Waals surface area contributed by atoms with E-state index in [0.29, 0.717) is 5.69 Å². The number of hydrogen-bond donors (Lipinski definition) is 1. The van der Waals surface area contributed by atoms with Gasteiger partial charge in [-0.2, -0.15) is 0 Å². The van der Waals surface area contributed by atoms with Crippen molar-refractivity contribution in [3.8, 4) is 0 Å². The van der Waals surface area contributed by atoms with E-state index in [9.17, 15) is 4.48 Å². The summed E-state index contributed by atoms with van der Waals surface area (Å²) in [5.41, 5.74) is 4.37. The SMILES string of the molecule is FNc1ccnc2ccc3c(c12)CCS3. The van der Waals surface area contributed by atoms with Gasteiger partial charge in [-0.25, -0.2) is 5.54 Å². The molecule has 3 rings (SSSR count). The number of nitrogens with zero attached hydrogens (tertiary/aromatic N) is 1. The van der Waals surface area contributed by atoms with Gasteiger partial charge in [0.1, 0.15) is 0 Å². The zero-order valence-electron chi connectivity index (χ0n) is 7.96. The van der Waals surface area contributed by atoms with Crippen LogP contribution in [0.25, 0.3) is 10.9 Å². The average molecular weight is 220 g/mol. The number of pyridine rings is 1. The number of aromatic nitrogens is 1. The van der Waals surface area contributed by atoms with Gasteiger partial charge in [0.05, 0.1) is 11.2 Å². The molecule has 0 unspecified atom stereocenters. The minimum absolute atomic E-state index is 0.527. The first-order valence-corrected chi connectivity index (χ1v) is 5.79. The van der Waals surface area contributed by atoms with Gasteiger partial charge in [-0.1, -0.05) is 0 Å². The fourth-order valence-corrected chi connectivity index (χ4v) is 3.09. The van der Waals surface area contributed by atoms with Gasteiger partial charge in [0, 0.05) is 22.2 Å². The Labute approximate surface area is 90.8 Å². The summed E-state index contributed by atoms with van der Waals surface area (Å²) in [6.07, 6.45) is 2.62. The van der Waals surface area contributed by atoms with Crippen molar-refractivity contribution >= 4 is 28.4 Å². The summed E-state index contributed by atoms with van der Waals surface area (Å²) in [5.74, 6) is 1.08. The van der Waals surface area contributed by atoms with Crippen LogP contribution in [0.1, 0.15) is 5.56 Å². The number of nitrogens with one attached hydrogen (secondary N) is 1. The molecule has 0 fully saturated rings. The van der Waals surface area contributed by atoms with Gasteiger partial charge in [-0.15, -0.1) is 16.2 Å². The second-order valence-electron chi connectivity index (χ2n) is 3.49. The van der Waals surface area contributed by atoms with Gasteiger partial charge >= 0.3 is 0 Å². The molecule has 0 saturated carbocycles. The Kier molecular flexibility index (Phi) is 2.02. The first kappa shape index (κ1) is 8.97. The van der Waals surface area contributed by atoms with E-state index in [4.69, 9.17) is 0 Å². The normalized spacial score (nSPS) is 14.2. The summed E-state index contributed by atoms with van der Waals surface area (Å²) in [4.78, 5) is 5.51. The van der Waals surface area contributed by atoms with E-state index in [0.717, 1.165) is 23.1 Å². The smallest absolute Gasteiger partial charge is 0.0768 e. The second-order valence-corrected chi connectivity index (χ2v) is 4.62. The lowest BCUT2D eigenvalue weighted by atomic mass is 10.1. The molecule has 2 aromatic rings. The molecule has 76 valence electrons. The van der Waals surface area contributed by atoms with Crippen LogP contribution in [0.5, 0.6) is 0 Å². The molecular weight excluding hydrogens is 211 g/mol. The predicted octanol–water partition coefficient (Wildman–Crippen LogP) is 3.18. The third kappa shape index (κ3) is 1.28. The quantitative estimate of drug-likeness (QED) is 0.747. The molecule has 0 spiro atoms. The van der Waals surface area contributed by atoms with Gasteiger partial charge in [0.15, 0.2) is 0 Å². The molecule has 0 aliphatic carbocycles. The van der Waals surface area contributed by atoms with Crippen molar-refractivity contribution in [2.45, 2.75) is 11.3 Å². The highest BCUT2D eigenvalue weighted by Gasteiger charge is 2.16. The van der Waals surface area contributed by atoms with Gasteiger partial charge in [-0.3, -0.25) is 4.98 Å². The summed E-state index contributed by atoms with van der Waals surface area (Å²) in [6, 6.07) is 5.70. The monoisotopic (exact) mass is 220 g/mol. The van der Waals surface area contributed by atoms with Crippen molar-refractivity contribution in [3.63, 3.8) is 0 Å². The molecule has 0 bridgehead atoms. The minimum atomic E-state index is 0.527. The van der Waals surface area contributed by atoms with Crippen LogP contribution in [0.4, 0.5) is 10.2 Å². The Balaban J connectivity index is 2.41. The van der Waals surface area contributed by atoms with Gasteiger partial charge in [-0.05, 0) is 30.2 Å². The van der Waals surface area contributed by atoms with Crippen molar-refractivity contribution in [2.24, 2.45) is 0 Å². The van der Waals surface area contributed by atoms with Crippen molar-refractivity contribution in [1.29, 1.82) is 0 Å². The molecule has 2 nitrogen and oxygen atoms in total. The van der Waals surface area contributed by atoms with Crippen LogP contribution in [0, 0.1) is 0 Å². The van der Waals surface area contributed by atoms with Crippen molar-refractivity contribution in [3.05, 3.63) is 30.0 Å². The molecule has 2 heterocycles. The number of rotatable bonds is 1. The van der Waals surface area contributed by atoms with Gasteiger partial charge in [0.25, 0.3) is 0 Å². The number of hydrogen-bond acceptors (Lipinski definition) is 3. The van der Waals surface area contributed by atoms with Gasteiger partial charge in [0.2, 0.25) is 0 Å². The lowest BCUT2D eigenvalue weighted by molar-refractivity contribution is 0.619. The van der Waals surface area contributed by atoms with E-state index in [1.165, 1.54) is 10.5 Å². The third-order valence-electron chi connectivity index (χ3n) is 2.68. The average Bonchev–Trinajstić information content (AvgIpc) is 2.76. The Morgan fingerprint density at radius 3 is 3.13 bits per heavy atom. The molecule has 0 amide bonds. The molecule has 4 heteroatoms. The van der Waals surface area contributed by atoms with Gasteiger partial charge < -0.3 is 0 Å².